The molecular weight excluding hydrogens is 272 g/mol. The van der Waals surface area contributed by atoms with Gasteiger partial charge in [0, 0.05) is 26.1 Å². The fourth-order valence-corrected chi connectivity index (χ4v) is 3.10. The van der Waals surface area contributed by atoms with Crippen molar-refractivity contribution in [3.63, 3.8) is 0 Å². The van der Waals surface area contributed by atoms with E-state index in [1.54, 1.807) is 6.92 Å². The Morgan fingerprint density at radius 2 is 2.20 bits per heavy atom. The van der Waals surface area contributed by atoms with E-state index in [1.165, 1.54) is 30.6 Å². The van der Waals surface area contributed by atoms with Gasteiger partial charge in [-0.2, -0.15) is 0 Å². The highest BCUT2D eigenvalue weighted by Crippen LogP contribution is 2.29. The summed E-state index contributed by atoms with van der Waals surface area (Å²) in [7, 11) is 0. The third-order valence-corrected chi connectivity index (χ3v) is 4.32. The van der Waals surface area contributed by atoms with Crippen molar-refractivity contribution in [2.45, 2.75) is 32.6 Å². The van der Waals surface area contributed by atoms with E-state index in [4.69, 9.17) is 5.73 Å². The zero-order chi connectivity index (χ0) is 14.4. The Kier molecular flexibility index (Phi) is 5.24. The van der Waals surface area contributed by atoms with Crippen molar-refractivity contribution in [2.75, 3.05) is 30.3 Å². The maximum atomic E-state index is 12.0. The molecule has 1 amide bonds. The van der Waals surface area contributed by atoms with Gasteiger partial charge in [-0.25, -0.2) is 4.98 Å². The maximum Gasteiger partial charge on any atom is 0.265 e. The van der Waals surface area contributed by atoms with Gasteiger partial charge in [0.15, 0.2) is 5.13 Å². The van der Waals surface area contributed by atoms with Crippen molar-refractivity contribution in [3.8, 4) is 11.8 Å². The van der Waals surface area contributed by atoms with Gasteiger partial charge < -0.3 is 16.0 Å². The van der Waals surface area contributed by atoms with E-state index in [0.717, 1.165) is 18.2 Å². The molecule has 1 aliphatic rings. The number of hydrogen-bond donors (Lipinski definition) is 2. The van der Waals surface area contributed by atoms with Crippen molar-refractivity contribution >= 4 is 28.2 Å². The largest absolute Gasteiger partial charge is 0.382 e. The number of nitrogen functional groups attached to an aromatic ring is 1. The monoisotopic (exact) mass is 292 g/mol. The van der Waals surface area contributed by atoms with E-state index >= 15 is 0 Å². The van der Waals surface area contributed by atoms with Gasteiger partial charge in [-0.15, -0.1) is 11.8 Å². The predicted molar refractivity (Wildman–Crippen MR) is 83.0 cm³/mol. The summed E-state index contributed by atoms with van der Waals surface area (Å²) in [6.45, 7) is 4.32. The van der Waals surface area contributed by atoms with Crippen LogP contribution in [-0.4, -0.2) is 30.5 Å². The number of carbonyl (C=O) groups is 1. The molecule has 0 aliphatic carbocycles. The SMILES string of the molecule is CC#CCCNC(=O)c1sc(N2CCCCC2)nc1N. The van der Waals surface area contributed by atoms with Crippen LogP contribution in [0, 0.1) is 11.8 Å². The molecule has 6 heteroatoms. The highest BCUT2D eigenvalue weighted by atomic mass is 32.1. The van der Waals surface area contributed by atoms with Crippen molar-refractivity contribution in [1.29, 1.82) is 0 Å². The van der Waals surface area contributed by atoms with Gasteiger partial charge in [0.05, 0.1) is 0 Å². The minimum absolute atomic E-state index is 0.152. The molecule has 108 valence electrons. The van der Waals surface area contributed by atoms with E-state index in [0.29, 0.717) is 23.7 Å². The topological polar surface area (TPSA) is 71.2 Å². The summed E-state index contributed by atoms with van der Waals surface area (Å²) in [5, 5.41) is 3.68. The highest BCUT2D eigenvalue weighted by molar-refractivity contribution is 7.18. The number of nitrogens with zero attached hydrogens (tertiary/aromatic N) is 2. The molecule has 0 atom stereocenters. The minimum Gasteiger partial charge on any atom is -0.382 e. The van der Waals surface area contributed by atoms with Crippen LogP contribution in [0.4, 0.5) is 10.9 Å². The van der Waals surface area contributed by atoms with Crippen LogP contribution in [0.15, 0.2) is 0 Å². The van der Waals surface area contributed by atoms with Gasteiger partial charge in [0.25, 0.3) is 5.91 Å². The van der Waals surface area contributed by atoms with E-state index < -0.39 is 0 Å². The number of thiazole rings is 1. The molecule has 2 rings (SSSR count). The molecule has 2 heterocycles. The van der Waals surface area contributed by atoms with Crippen LogP contribution in [0.25, 0.3) is 0 Å². The fraction of sp³-hybridized carbons (Fsp3) is 0.571. The molecule has 1 fully saturated rings. The third kappa shape index (κ3) is 3.64. The number of carbonyl (C=O) groups excluding carboxylic acids is 1. The van der Waals surface area contributed by atoms with Crippen LogP contribution in [0.1, 0.15) is 42.3 Å². The zero-order valence-electron chi connectivity index (χ0n) is 11.7. The van der Waals surface area contributed by atoms with Crippen LogP contribution in [0.5, 0.6) is 0 Å². The maximum absolute atomic E-state index is 12.0. The summed E-state index contributed by atoms with van der Waals surface area (Å²) >= 11 is 1.38. The van der Waals surface area contributed by atoms with Crippen molar-refractivity contribution in [1.82, 2.24) is 10.3 Å². The first-order chi connectivity index (χ1) is 9.72. The first-order valence-corrected chi connectivity index (χ1v) is 7.73. The smallest absolute Gasteiger partial charge is 0.265 e. The van der Waals surface area contributed by atoms with Gasteiger partial charge in [-0.1, -0.05) is 11.3 Å². The first kappa shape index (κ1) is 14.7. The Bertz CT molecular complexity index is 523. The summed E-state index contributed by atoms with van der Waals surface area (Å²) in [4.78, 5) is 19.1. The summed E-state index contributed by atoms with van der Waals surface area (Å²) in [5.41, 5.74) is 5.86. The van der Waals surface area contributed by atoms with Crippen molar-refractivity contribution in [3.05, 3.63) is 4.88 Å². The minimum atomic E-state index is -0.152. The molecule has 0 saturated carbocycles. The number of hydrogen-bond acceptors (Lipinski definition) is 5. The molecule has 3 N–H and O–H groups in total. The average molecular weight is 292 g/mol. The van der Waals surface area contributed by atoms with Crippen LogP contribution in [0.2, 0.25) is 0 Å². The Morgan fingerprint density at radius 1 is 1.45 bits per heavy atom. The number of nitrogens with two attached hydrogens (primary N) is 1. The Morgan fingerprint density at radius 3 is 2.90 bits per heavy atom. The number of piperidine rings is 1. The summed E-state index contributed by atoms with van der Waals surface area (Å²) in [5.74, 6) is 5.88. The second-order valence-electron chi connectivity index (χ2n) is 4.69. The number of anilines is 2. The summed E-state index contributed by atoms with van der Waals surface area (Å²) in [6.07, 6.45) is 4.27. The van der Waals surface area contributed by atoms with E-state index in [1.807, 2.05) is 0 Å². The molecule has 1 aliphatic heterocycles. The Hall–Kier alpha value is -1.74. The van der Waals surface area contributed by atoms with E-state index in [-0.39, 0.29) is 5.91 Å². The van der Waals surface area contributed by atoms with E-state index in [2.05, 4.69) is 27.0 Å². The second-order valence-corrected chi connectivity index (χ2v) is 5.67. The van der Waals surface area contributed by atoms with E-state index in [9.17, 15) is 4.79 Å². The average Bonchev–Trinajstić information content (AvgIpc) is 2.86. The predicted octanol–water partition coefficient (Wildman–Crippen LogP) is 1.86. The molecule has 0 radical (unpaired) electrons. The molecular formula is C14H20N4OS. The second kappa shape index (κ2) is 7.15. The van der Waals surface area contributed by atoms with Gasteiger partial charge in [-0.3, -0.25) is 4.79 Å². The van der Waals surface area contributed by atoms with Gasteiger partial charge in [-0.05, 0) is 26.2 Å². The number of amides is 1. The molecule has 1 saturated heterocycles. The van der Waals surface area contributed by atoms with Crippen molar-refractivity contribution < 1.29 is 4.79 Å². The lowest BCUT2D eigenvalue weighted by atomic mass is 10.1. The van der Waals surface area contributed by atoms with Crippen LogP contribution < -0.4 is 16.0 Å². The molecule has 0 aromatic carbocycles. The zero-order valence-corrected chi connectivity index (χ0v) is 12.6. The fourth-order valence-electron chi connectivity index (χ4n) is 2.15. The standard InChI is InChI=1S/C14H20N4OS/c1-2-3-5-8-16-13(19)11-12(15)17-14(20-11)18-9-6-4-7-10-18/h4-10,15H2,1H3,(H,16,19). The molecule has 1 aromatic heterocycles. The quantitative estimate of drug-likeness (QED) is 0.656. The molecule has 20 heavy (non-hydrogen) atoms. The van der Waals surface area contributed by atoms with Crippen LogP contribution in [-0.2, 0) is 0 Å². The summed E-state index contributed by atoms with van der Waals surface area (Å²) < 4.78 is 0. The number of rotatable bonds is 4. The number of aromatic nitrogens is 1. The van der Waals surface area contributed by atoms with Crippen LogP contribution in [0.3, 0.4) is 0 Å². The third-order valence-electron chi connectivity index (χ3n) is 3.19. The van der Waals surface area contributed by atoms with Crippen molar-refractivity contribution in [2.24, 2.45) is 0 Å². The lowest BCUT2D eigenvalue weighted by Crippen LogP contribution is -2.29. The number of nitrogens with one attached hydrogen (secondary N) is 1. The molecule has 0 spiro atoms. The molecule has 1 aromatic rings. The lowest BCUT2D eigenvalue weighted by Gasteiger charge is -2.25. The van der Waals surface area contributed by atoms with Gasteiger partial charge in [0.1, 0.15) is 10.7 Å². The molecule has 0 bridgehead atoms. The summed E-state index contributed by atoms with van der Waals surface area (Å²) in [6, 6.07) is 0. The highest BCUT2D eigenvalue weighted by Gasteiger charge is 2.20. The lowest BCUT2D eigenvalue weighted by molar-refractivity contribution is 0.0959. The molecule has 5 nitrogen and oxygen atoms in total. The van der Waals surface area contributed by atoms with Gasteiger partial charge in [0.2, 0.25) is 0 Å². The van der Waals surface area contributed by atoms with Gasteiger partial charge >= 0.3 is 0 Å². The normalized spacial score (nSPS) is 14.6. The first-order valence-electron chi connectivity index (χ1n) is 6.91. The Labute approximate surface area is 123 Å². The molecule has 0 unspecified atom stereocenters. The van der Waals surface area contributed by atoms with Crippen LogP contribution >= 0.6 is 11.3 Å². The Balaban J connectivity index is 1.98.